The number of ether oxygens (including phenoxy) is 2. The van der Waals surface area contributed by atoms with E-state index in [0.29, 0.717) is 34.6 Å². The molecule has 0 spiro atoms. The topological polar surface area (TPSA) is 398 Å². The molecule has 0 aliphatic carbocycles. The summed E-state index contributed by atoms with van der Waals surface area (Å²) in [6.45, 7) is 9.15. The largest absolute Gasteiger partial charge is 0.573 e. The Morgan fingerprint density at radius 1 is 0.246 bits per heavy atom. The summed E-state index contributed by atoms with van der Waals surface area (Å²) >= 11 is 19.4. The summed E-state index contributed by atoms with van der Waals surface area (Å²) in [4.78, 5) is 69.1. The number of thiol groups is 5. The van der Waals surface area contributed by atoms with Gasteiger partial charge < -0.3 is 9.47 Å². The van der Waals surface area contributed by atoms with Crippen LogP contribution in [-0.2, 0) is 72.5 Å². The van der Waals surface area contributed by atoms with Crippen molar-refractivity contribution in [3.05, 3.63) is 346 Å². The van der Waals surface area contributed by atoms with Gasteiger partial charge in [-0.1, -0.05) is 91.9 Å². The van der Waals surface area contributed by atoms with Gasteiger partial charge in [-0.3, -0.25) is 57.1 Å². The van der Waals surface area contributed by atoms with E-state index in [1.54, 1.807) is 61.5 Å². The Hall–Kier alpha value is -12.3. The van der Waals surface area contributed by atoms with Gasteiger partial charge in [0.05, 0.1) is 69.3 Å². The summed E-state index contributed by atoms with van der Waals surface area (Å²) in [7, 11) is -23.6. The van der Waals surface area contributed by atoms with E-state index in [-0.39, 0.29) is 144 Å². The van der Waals surface area contributed by atoms with Gasteiger partial charge in [-0.15, -0.1) is 26.3 Å². The number of alkyl halides is 12. The van der Waals surface area contributed by atoms with Gasteiger partial charge in [0.2, 0.25) is 0 Å². The fourth-order valence-electron chi connectivity index (χ4n) is 11.9. The van der Waals surface area contributed by atoms with Crippen LogP contribution in [0.5, 0.6) is 11.5 Å². The normalized spacial score (nSPS) is 11.7. The molecule has 0 aromatic heterocycles. The Labute approximate surface area is 837 Å². The molecule has 0 aliphatic heterocycles. The minimum absolute atomic E-state index is 0.0195. The fraction of sp³-hybridized carbons (Fsp3) is 0.161. The number of carbonyl (C=O) groups is 6. The molecule has 0 radical (unpaired) electrons. The van der Waals surface area contributed by atoms with Crippen LogP contribution in [0.1, 0.15) is 109 Å². The number of Topliss-reactive ketones (excluding diaryl/α,β-unsaturated/α-hetero) is 6. The van der Waals surface area contributed by atoms with E-state index in [1.807, 2.05) is 39.8 Å². The van der Waals surface area contributed by atoms with Crippen molar-refractivity contribution in [1.29, 1.82) is 0 Å². The minimum Gasteiger partial charge on any atom is -0.406 e. The van der Waals surface area contributed by atoms with Crippen molar-refractivity contribution in [2.45, 2.75) is 95.5 Å². The Kier molecular flexibility index (Phi) is 41.5. The molecule has 49 heteroatoms. The number of rotatable bonds is 32. The number of carbonyl (C=O) groups excluding carboxylic acids is 6. The molecule has 0 bridgehead atoms. The van der Waals surface area contributed by atoms with Gasteiger partial charge in [-0.05, 0) is 244 Å². The van der Waals surface area contributed by atoms with Crippen LogP contribution in [0.15, 0.2) is 308 Å². The second-order valence-corrected chi connectivity index (χ2v) is 41.2. The van der Waals surface area contributed by atoms with Gasteiger partial charge in [0.15, 0.2) is 34.7 Å². The van der Waals surface area contributed by atoms with E-state index in [0.717, 1.165) is 107 Å². The molecular formula is C93H84F12N6O20S11. The number of sulfonamides is 6. The molecule has 26 nitrogen and oxygen atoms in total. The highest BCUT2D eigenvalue weighted by Gasteiger charge is 2.35. The number of hydrogen-bond acceptors (Lipinski definition) is 25. The maximum Gasteiger partial charge on any atom is 0.573 e. The van der Waals surface area contributed by atoms with E-state index in [2.05, 4.69) is 101 Å². The van der Waals surface area contributed by atoms with Gasteiger partial charge in [0.1, 0.15) is 11.5 Å². The van der Waals surface area contributed by atoms with Crippen molar-refractivity contribution in [2.24, 2.45) is 0 Å². The Balaban J connectivity index is 0.000000232. The molecule has 756 valence electrons. The number of aryl methyl sites for hydroxylation is 4. The molecule has 0 fully saturated rings. The Morgan fingerprint density at radius 3 is 0.754 bits per heavy atom. The number of benzene rings is 12. The van der Waals surface area contributed by atoms with Crippen molar-refractivity contribution < 1.29 is 141 Å². The van der Waals surface area contributed by atoms with Crippen molar-refractivity contribution in [2.75, 3.05) is 57.1 Å². The van der Waals surface area contributed by atoms with Crippen molar-refractivity contribution >= 4 is 192 Å². The SMILES string of the molecule is CCC(=O)c1cccc(S(=O)(=O)Nc2ccc(OC(F)(F)F)cc2)c1.Cc1cc(C)cc(NS(=O)(=O)c2cccc(C(=O)CS)c2)c1.Cc1cc(C)cc(S(=O)(=O)Nc2cccc(C(=O)CS)c2)c1.O=C(CS)c1cccc(NS(=O)(=O)c2ccc(C(F)(F)F)cc2)c1.O=C(CS)c1cccc(NS(=O)(=O)c2ccc(OC(F)(F)F)cc2)c1.O=C(CS)c1cccc(S(=O)(=O)Nc2ccc(C(F)(F)F)cc2)c1. The molecule has 12 rings (SSSR count). The van der Waals surface area contributed by atoms with Crippen molar-refractivity contribution in [3.63, 3.8) is 0 Å². The molecule has 0 saturated heterocycles. The lowest BCUT2D eigenvalue weighted by atomic mass is 10.1. The molecule has 12 aromatic carbocycles. The highest BCUT2D eigenvalue weighted by atomic mass is 32.2. The van der Waals surface area contributed by atoms with E-state index < -0.39 is 108 Å². The highest BCUT2D eigenvalue weighted by molar-refractivity contribution is 7.94. The molecule has 0 amide bonds. The summed E-state index contributed by atoms with van der Waals surface area (Å²) in [6, 6.07) is 60.0. The highest BCUT2D eigenvalue weighted by Crippen LogP contribution is 2.35. The smallest absolute Gasteiger partial charge is 0.406 e. The quantitative estimate of drug-likeness (QED) is 0.0106. The van der Waals surface area contributed by atoms with E-state index in [1.165, 1.54) is 115 Å². The number of ketones is 6. The lowest BCUT2D eigenvalue weighted by molar-refractivity contribution is -0.275. The molecular weight excluding hydrogens is 2100 g/mol. The number of hydrogen-bond donors (Lipinski definition) is 11. The summed E-state index contributed by atoms with van der Waals surface area (Å²) in [6.07, 6.45) is -18.5. The van der Waals surface area contributed by atoms with Gasteiger partial charge in [0.25, 0.3) is 60.1 Å². The zero-order valence-electron chi connectivity index (χ0n) is 74.2. The monoisotopic (exact) mass is 2180 g/mol. The first-order valence-corrected chi connectivity index (χ1v) is 52.4. The van der Waals surface area contributed by atoms with Gasteiger partial charge in [0, 0.05) is 73.9 Å². The number of nitrogens with one attached hydrogen (secondary N) is 6. The van der Waals surface area contributed by atoms with Gasteiger partial charge >= 0.3 is 25.1 Å². The van der Waals surface area contributed by atoms with Crippen LogP contribution in [0.3, 0.4) is 0 Å². The predicted octanol–water partition coefficient (Wildman–Crippen LogP) is 21.1. The summed E-state index contributed by atoms with van der Waals surface area (Å²) in [5.41, 5.74) is 4.79. The van der Waals surface area contributed by atoms with E-state index >= 15 is 0 Å². The molecule has 6 N–H and O–H groups in total. The van der Waals surface area contributed by atoms with Gasteiger partial charge in [-0.2, -0.15) is 89.5 Å². The van der Waals surface area contributed by atoms with Crippen molar-refractivity contribution in [1.82, 2.24) is 0 Å². The van der Waals surface area contributed by atoms with Crippen LogP contribution < -0.4 is 37.8 Å². The lowest BCUT2D eigenvalue weighted by Crippen LogP contribution is -2.17. The van der Waals surface area contributed by atoms with Crippen LogP contribution in [0.4, 0.5) is 86.8 Å². The van der Waals surface area contributed by atoms with Crippen LogP contribution in [0, 0.1) is 27.7 Å². The standard InChI is InChI=1S/C16H14F3NO4S.2C16H17NO3S2.C15H12F3NO4S2.2C15H12F3NO3S2/c1-2-15(21)11-4-3-5-14(10-11)25(22,23)20-12-6-8-13(9-7-12)24-16(17,18)19;1-11-6-12(2)8-14(7-11)17-22(19,20)15-5-3-4-13(9-15)16(18)10-21;1-11-6-12(2)8-15(7-11)22(19,20)17-14-5-3-4-13(9-14)16(18)10-21;16-15(17,18)23-12-4-6-13(7-5-12)25(21,22)19-11-3-1-2-10(8-11)14(20)9-24;16-15(17,18)11-4-6-12(7-5-11)19-24(21,22)13-3-1-2-10(8-13)14(20)9-23;16-15(17,18)11-4-6-13(7-5-11)24(21,22)19-12-3-1-2-10(8-12)14(20)9-23/h3-10,20H,2H2,1H3;2*3-9,17,21H,10H2,1-2H3;1-8,19,24H,9H2;2*1-8,19,23H,9H2. The molecule has 0 atom stereocenters. The summed E-state index contributed by atoms with van der Waals surface area (Å²) < 4.78 is 317. The first kappa shape index (κ1) is 117. The summed E-state index contributed by atoms with van der Waals surface area (Å²) in [5.74, 6) is -2.51. The minimum atomic E-state index is -4.86. The molecule has 0 heterocycles. The Morgan fingerprint density at radius 2 is 0.472 bits per heavy atom. The molecule has 0 unspecified atom stereocenters. The van der Waals surface area contributed by atoms with Crippen molar-refractivity contribution in [3.8, 4) is 11.5 Å². The maximum absolute atomic E-state index is 12.5. The average Bonchev–Trinajstić information content (AvgIpc) is 0.831. The first-order chi connectivity index (χ1) is 66.1. The number of halogens is 12. The average molecular weight is 2190 g/mol. The van der Waals surface area contributed by atoms with E-state index in [9.17, 15) is 132 Å². The third kappa shape index (κ3) is 36.9. The third-order valence-corrected chi connectivity index (χ3v) is 28.1. The zero-order chi connectivity index (χ0) is 106. The lowest BCUT2D eigenvalue weighted by Gasteiger charge is -2.11. The first-order valence-electron chi connectivity index (χ1n) is 40.3. The second-order valence-electron chi connectivity index (χ2n) is 29.5. The third-order valence-electron chi connectivity index (χ3n) is 18.4. The molecule has 0 aliphatic rings. The second kappa shape index (κ2) is 50.6. The maximum atomic E-state index is 12.5. The molecule has 12 aromatic rings. The van der Waals surface area contributed by atoms with Crippen LogP contribution in [0.25, 0.3) is 0 Å². The summed E-state index contributed by atoms with van der Waals surface area (Å²) in [5, 5.41) is 0. The van der Waals surface area contributed by atoms with Gasteiger partial charge in [-0.25, -0.2) is 50.5 Å². The number of anilines is 6. The van der Waals surface area contributed by atoms with E-state index in [4.69, 9.17) is 0 Å². The Bertz CT molecular complexity index is 7240. The molecule has 0 saturated carbocycles. The van der Waals surface area contributed by atoms with Crippen LogP contribution >= 0.6 is 63.1 Å². The molecule has 142 heavy (non-hydrogen) atoms. The fourth-order valence-corrected chi connectivity index (χ4v) is 19.5. The van der Waals surface area contributed by atoms with Crippen LogP contribution in [-0.4, -0.2) is 127 Å². The predicted molar refractivity (Wildman–Crippen MR) is 530 cm³/mol. The zero-order valence-corrected chi connectivity index (χ0v) is 83.6. The van der Waals surface area contributed by atoms with Crippen LogP contribution in [0.2, 0.25) is 0 Å².